The minimum atomic E-state index is -3.90. The number of hydrogen-bond donors (Lipinski definition) is 1. The summed E-state index contributed by atoms with van der Waals surface area (Å²) in [6, 6.07) is 9.55. The van der Waals surface area contributed by atoms with E-state index in [-0.39, 0.29) is 11.5 Å². The zero-order valence-electron chi connectivity index (χ0n) is 19.7. The highest BCUT2D eigenvalue weighted by Gasteiger charge is 2.33. The molecule has 0 atom stereocenters. The van der Waals surface area contributed by atoms with Gasteiger partial charge >= 0.3 is 0 Å². The van der Waals surface area contributed by atoms with E-state index in [0.29, 0.717) is 22.7 Å². The van der Waals surface area contributed by atoms with E-state index < -0.39 is 10.0 Å². The van der Waals surface area contributed by atoms with Crippen LogP contribution in [0, 0.1) is 26.7 Å². The molecule has 1 aliphatic rings. The number of benzene rings is 2. The van der Waals surface area contributed by atoms with Gasteiger partial charge in [-0.1, -0.05) is 32.0 Å². The Morgan fingerprint density at radius 1 is 1.10 bits per heavy atom. The van der Waals surface area contributed by atoms with Crippen LogP contribution in [0.25, 0.3) is 0 Å². The van der Waals surface area contributed by atoms with E-state index in [1.165, 1.54) is 0 Å². The second kappa shape index (κ2) is 8.65. The summed E-state index contributed by atoms with van der Waals surface area (Å²) < 4.78 is 37.6. The number of rotatable bonds is 5. The summed E-state index contributed by atoms with van der Waals surface area (Å²) in [5, 5.41) is 3.21. The lowest BCUT2D eigenvalue weighted by molar-refractivity contribution is 0.0832. The summed E-state index contributed by atoms with van der Waals surface area (Å²) in [5.74, 6) is 1.54. The van der Waals surface area contributed by atoms with Crippen LogP contribution >= 0.6 is 0 Å². The molecule has 0 aliphatic carbocycles. The van der Waals surface area contributed by atoms with Crippen molar-refractivity contribution >= 4 is 21.5 Å². The van der Waals surface area contributed by atoms with Crippen LogP contribution in [0.1, 0.15) is 62.8 Å². The van der Waals surface area contributed by atoms with Crippen LogP contribution in [0.2, 0.25) is 0 Å². The van der Waals surface area contributed by atoms with Gasteiger partial charge in [-0.2, -0.15) is 8.42 Å². The quantitative estimate of drug-likeness (QED) is 0.458. The number of anilines is 1. The smallest absolute Gasteiger partial charge is 0.284 e. The van der Waals surface area contributed by atoms with Crippen molar-refractivity contribution in [2.24, 2.45) is 10.3 Å². The Morgan fingerprint density at radius 3 is 2.35 bits per heavy atom. The third-order valence-corrected chi connectivity index (χ3v) is 7.41. The van der Waals surface area contributed by atoms with Crippen LogP contribution in [0.15, 0.2) is 39.6 Å². The van der Waals surface area contributed by atoms with Gasteiger partial charge < -0.3 is 10.1 Å². The molecule has 1 N–H and O–H groups in total. The third kappa shape index (κ3) is 5.12. The summed E-state index contributed by atoms with van der Waals surface area (Å²) in [6.07, 6.45) is 2.18. The lowest BCUT2D eigenvalue weighted by Crippen LogP contribution is -2.33. The highest BCUT2D eigenvalue weighted by atomic mass is 32.2. The van der Waals surface area contributed by atoms with Gasteiger partial charge in [0.2, 0.25) is 0 Å². The van der Waals surface area contributed by atoms with Gasteiger partial charge in [0.25, 0.3) is 10.0 Å². The van der Waals surface area contributed by atoms with Gasteiger partial charge in [-0.05, 0) is 87.8 Å². The van der Waals surface area contributed by atoms with E-state index in [4.69, 9.17) is 4.74 Å². The van der Waals surface area contributed by atoms with E-state index in [1.807, 2.05) is 65.0 Å². The second-order valence-electron chi connectivity index (χ2n) is 9.48. The first-order valence-electron chi connectivity index (χ1n) is 10.9. The Labute approximate surface area is 187 Å². The molecule has 0 bridgehead atoms. The van der Waals surface area contributed by atoms with Crippen LogP contribution in [0.5, 0.6) is 5.75 Å². The topological polar surface area (TPSA) is 67.8 Å². The number of sulfonamides is 1. The normalized spacial score (nSPS) is 16.1. The number of amidine groups is 1. The van der Waals surface area contributed by atoms with Crippen molar-refractivity contribution in [1.82, 2.24) is 0 Å². The fourth-order valence-electron chi connectivity index (χ4n) is 4.11. The van der Waals surface area contributed by atoms with Crippen LogP contribution in [0.4, 0.5) is 5.69 Å². The summed E-state index contributed by atoms with van der Waals surface area (Å²) in [4.78, 5) is 0.308. The third-order valence-electron chi connectivity index (χ3n) is 5.82. The molecule has 1 heterocycles. The average molecular weight is 443 g/mol. The maximum Gasteiger partial charge on any atom is 0.284 e. The lowest BCUT2D eigenvalue weighted by atomic mass is 9.88. The van der Waals surface area contributed by atoms with E-state index in [9.17, 15) is 8.42 Å². The maximum atomic E-state index is 13.6. The van der Waals surface area contributed by atoms with Crippen molar-refractivity contribution in [1.29, 1.82) is 0 Å². The molecule has 0 saturated carbocycles. The van der Waals surface area contributed by atoms with Crippen LogP contribution in [0.3, 0.4) is 0 Å². The summed E-state index contributed by atoms with van der Waals surface area (Å²) >= 11 is 0. The number of para-hydroxylation sites is 1. The lowest BCUT2D eigenvalue weighted by Gasteiger charge is -2.35. The molecule has 2 aromatic carbocycles. The molecular formula is C25H34N2O3S. The number of nitrogens with one attached hydrogen (secondary N) is 1. The van der Waals surface area contributed by atoms with Gasteiger partial charge in [-0.3, -0.25) is 0 Å². The van der Waals surface area contributed by atoms with Crippen molar-refractivity contribution in [3.05, 3.63) is 52.6 Å². The Hall–Kier alpha value is -2.34. The fraction of sp³-hybridized carbons (Fsp3) is 0.480. The molecule has 0 fully saturated rings. The number of hydrogen-bond acceptors (Lipinski definition) is 3. The molecule has 2 aromatic rings. The Kier molecular flexibility index (Phi) is 6.51. The van der Waals surface area contributed by atoms with Gasteiger partial charge in [0.05, 0.1) is 4.90 Å². The minimum absolute atomic E-state index is 0.251. The van der Waals surface area contributed by atoms with Crippen LogP contribution in [-0.4, -0.2) is 19.9 Å². The predicted molar refractivity (Wildman–Crippen MR) is 128 cm³/mol. The van der Waals surface area contributed by atoms with Crippen LogP contribution < -0.4 is 10.1 Å². The number of nitrogens with zero attached hydrogens (tertiary/aromatic N) is 1. The first-order valence-corrected chi connectivity index (χ1v) is 12.3. The standard InChI is InChI=1S/C25H34N2O3S/c1-16(2)15-22(26-20-11-9-8-10-12-20)27-31(28,29)24-18(4)17(3)23-21(19(24)5)13-14-25(6,7)30-23/h8-12,16H,13-15H2,1-7H3,(H,26,27). The summed E-state index contributed by atoms with van der Waals surface area (Å²) in [5.41, 5.74) is 3.89. The molecule has 1 aliphatic heterocycles. The van der Waals surface area contributed by atoms with Crippen molar-refractivity contribution in [2.45, 2.75) is 78.2 Å². The van der Waals surface area contributed by atoms with Gasteiger partial charge in [0.1, 0.15) is 17.2 Å². The average Bonchev–Trinajstić information content (AvgIpc) is 2.65. The van der Waals surface area contributed by atoms with E-state index in [2.05, 4.69) is 23.6 Å². The highest BCUT2D eigenvalue weighted by molar-refractivity contribution is 7.90. The Bertz CT molecular complexity index is 1100. The SMILES string of the molecule is Cc1c(C)c(S(=O)(=O)/N=C(\CC(C)C)Nc2ccccc2)c(C)c2c1OC(C)(C)CC2. The Balaban J connectivity index is 2.10. The zero-order valence-corrected chi connectivity index (χ0v) is 20.5. The molecule has 0 unspecified atom stereocenters. The molecule has 5 nitrogen and oxygen atoms in total. The second-order valence-corrected chi connectivity index (χ2v) is 11.0. The van der Waals surface area contributed by atoms with Crippen molar-refractivity contribution in [3.8, 4) is 5.75 Å². The van der Waals surface area contributed by atoms with Gasteiger partial charge in [0.15, 0.2) is 0 Å². The maximum absolute atomic E-state index is 13.6. The molecule has 3 rings (SSSR count). The van der Waals surface area contributed by atoms with Crippen LogP contribution in [-0.2, 0) is 16.4 Å². The fourth-order valence-corrected chi connectivity index (χ4v) is 5.66. The molecule has 0 aromatic heterocycles. The molecule has 0 spiro atoms. The van der Waals surface area contributed by atoms with Gasteiger partial charge in [0, 0.05) is 12.1 Å². The molecular weight excluding hydrogens is 408 g/mol. The monoisotopic (exact) mass is 442 g/mol. The summed E-state index contributed by atoms with van der Waals surface area (Å²) in [7, 11) is -3.90. The van der Waals surface area contributed by atoms with Gasteiger partial charge in [-0.15, -0.1) is 4.40 Å². The molecule has 168 valence electrons. The largest absolute Gasteiger partial charge is 0.487 e. The van der Waals surface area contributed by atoms with E-state index in [0.717, 1.165) is 41.0 Å². The first-order chi connectivity index (χ1) is 14.4. The molecule has 0 radical (unpaired) electrons. The summed E-state index contributed by atoms with van der Waals surface area (Å²) in [6.45, 7) is 13.9. The molecule has 0 saturated heterocycles. The van der Waals surface area contributed by atoms with Crippen molar-refractivity contribution < 1.29 is 13.2 Å². The van der Waals surface area contributed by atoms with Crippen molar-refractivity contribution in [2.75, 3.05) is 5.32 Å². The highest BCUT2D eigenvalue weighted by Crippen LogP contribution is 2.42. The van der Waals surface area contributed by atoms with E-state index in [1.54, 1.807) is 0 Å². The number of fused-ring (bicyclic) bond motifs is 1. The van der Waals surface area contributed by atoms with Gasteiger partial charge in [-0.25, -0.2) is 0 Å². The predicted octanol–water partition coefficient (Wildman–Crippen LogP) is 5.96. The van der Waals surface area contributed by atoms with E-state index >= 15 is 0 Å². The van der Waals surface area contributed by atoms with Crippen molar-refractivity contribution in [3.63, 3.8) is 0 Å². The molecule has 0 amide bonds. The Morgan fingerprint density at radius 2 is 1.74 bits per heavy atom. The molecule has 6 heteroatoms. The first kappa shape index (κ1) is 23.3. The minimum Gasteiger partial charge on any atom is -0.487 e. The zero-order chi connectivity index (χ0) is 23.0. The molecule has 31 heavy (non-hydrogen) atoms. The number of ether oxygens (including phenoxy) is 1.